The number of anilines is 3. The van der Waals surface area contributed by atoms with Crippen molar-refractivity contribution in [2.75, 3.05) is 23.0 Å². The molecule has 0 spiro atoms. The second kappa shape index (κ2) is 5.12. The molecule has 6 nitrogen and oxygen atoms in total. The number of nitrogen functional groups attached to an aromatic ring is 1. The van der Waals surface area contributed by atoms with Crippen LogP contribution in [0.15, 0.2) is 24.5 Å². The van der Waals surface area contributed by atoms with E-state index in [0.29, 0.717) is 18.7 Å². The number of aromatic nitrogens is 2. The zero-order valence-electron chi connectivity index (χ0n) is 12.3. The molecule has 1 aromatic carbocycles. The van der Waals surface area contributed by atoms with Gasteiger partial charge in [0.15, 0.2) is 0 Å². The van der Waals surface area contributed by atoms with E-state index in [2.05, 4.69) is 21.3 Å². The molecule has 1 amide bonds. The highest BCUT2D eigenvalue weighted by atomic mass is 16.1. The molecule has 0 aliphatic carbocycles. The smallest absolute Gasteiger partial charge is 0.224 e. The zero-order chi connectivity index (χ0) is 15.0. The van der Waals surface area contributed by atoms with Crippen molar-refractivity contribution in [3.63, 3.8) is 0 Å². The van der Waals surface area contributed by atoms with E-state index in [0.717, 1.165) is 29.2 Å². The van der Waals surface area contributed by atoms with Crippen molar-refractivity contribution in [3.8, 4) is 0 Å². The monoisotopic (exact) mass is 285 g/mol. The number of nitrogens with one attached hydrogen (secondary N) is 1. The number of fused-ring (bicyclic) bond motifs is 1. The summed E-state index contributed by atoms with van der Waals surface area (Å²) in [6, 6.07) is 3.91. The van der Waals surface area contributed by atoms with E-state index in [1.54, 1.807) is 6.20 Å². The van der Waals surface area contributed by atoms with Crippen LogP contribution in [0.1, 0.15) is 17.8 Å². The van der Waals surface area contributed by atoms with Crippen LogP contribution in [0, 0.1) is 0 Å². The van der Waals surface area contributed by atoms with Gasteiger partial charge in [-0.1, -0.05) is 0 Å². The maximum Gasteiger partial charge on any atom is 0.224 e. The molecule has 1 aliphatic rings. The Morgan fingerprint density at radius 1 is 1.43 bits per heavy atom. The number of carbonyl (C=O) groups is 1. The molecule has 0 unspecified atom stereocenters. The highest BCUT2D eigenvalue weighted by Gasteiger charge is 2.18. The molecule has 3 N–H and O–H groups in total. The summed E-state index contributed by atoms with van der Waals surface area (Å²) in [7, 11) is 3.97. The third kappa shape index (κ3) is 2.56. The molecule has 1 aromatic heterocycles. The van der Waals surface area contributed by atoms with Gasteiger partial charge in [-0.2, -0.15) is 0 Å². The topological polar surface area (TPSA) is 76.2 Å². The second-order valence-corrected chi connectivity index (χ2v) is 5.43. The van der Waals surface area contributed by atoms with Gasteiger partial charge in [0.1, 0.15) is 5.82 Å². The Morgan fingerprint density at radius 2 is 2.24 bits per heavy atom. The standard InChI is InChI=1S/C15H19N5O/c1-19-6-5-17-14(19)9-20(2)13-7-10-3-4-15(21)18-12(10)8-11(13)16/h5-8H,3-4,9,16H2,1-2H3,(H,18,21). The Morgan fingerprint density at radius 3 is 2.95 bits per heavy atom. The molecular weight excluding hydrogens is 266 g/mol. The fourth-order valence-corrected chi connectivity index (χ4v) is 2.61. The number of rotatable bonds is 3. The molecule has 110 valence electrons. The lowest BCUT2D eigenvalue weighted by atomic mass is 10.0. The fourth-order valence-electron chi connectivity index (χ4n) is 2.61. The fraction of sp³-hybridized carbons (Fsp3) is 0.333. The summed E-state index contributed by atoms with van der Waals surface area (Å²) in [5.74, 6) is 1.03. The van der Waals surface area contributed by atoms with Gasteiger partial charge in [-0.15, -0.1) is 0 Å². The van der Waals surface area contributed by atoms with Crippen LogP contribution in [0.5, 0.6) is 0 Å². The van der Waals surface area contributed by atoms with Crippen LogP contribution >= 0.6 is 0 Å². The van der Waals surface area contributed by atoms with E-state index < -0.39 is 0 Å². The molecule has 3 rings (SSSR count). The van der Waals surface area contributed by atoms with Gasteiger partial charge in [0.2, 0.25) is 5.91 Å². The molecule has 0 saturated heterocycles. The second-order valence-electron chi connectivity index (χ2n) is 5.43. The van der Waals surface area contributed by atoms with E-state index in [9.17, 15) is 4.79 Å². The number of hydrogen-bond donors (Lipinski definition) is 2. The lowest BCUT2D eigenvalue weighted by Crippen LogP contribution is -2.23. The maximum atomic E-state index is 11.4. The average Bonchev–Trinajstić information content (AvgIpc) is 2.83. The predicted molar refractivity (Wildman–Crippen MR) is 83.1 cm³/mol. The summed E-state index contributed by atoms with van der Waals surface area (Å²) >= 11 is 0. The summed E-state index contributed by atoms with van der Waals surface area (Å²) in [6.45, 7) is 0.679. The Bertz CT molecular complexity index is 691. The lowest BCUT2D eigenvalue weighted by molar-refractivity contribution is -0.116. The maximum absolute atomic E-state index is 11.4. The number of carbonyl (C=O) groups excluding carboxylic acids is 1. The van der Waals surface area contributed by atoms with Crippen LogP contribution in [-0.4, -0.2) is 22.5 Å². The van der Waals surface area contributed by atoms with E-state index in [1.165, 1.54) is 0 Å². The van der Waals surface area contributed by atoms with Crippen molar-refractivity contribution in [1.82, 2.24) is 9.55 Å². The van der Waals surface area contributed by atoms with E-state index in [-0.39, 0.29) is 5.91 Å². The number of aryl methyl sites for hydroxylation is 2. The van der Waals surface area contributed by atoms with Gasteiger partial charge >= 0.3 is 0 Å². The first-order chi connectivity index (χ1) is 10.0. The number of nitrogens with two attached hydrogens (primary N) is 1. The highest BCUT2D eigenvalue weighted by molar-refractivity contribution is 5.95. The van der Waals surface area contributed by atoms with Gasteiger partial charge in [0.25, 0.3) is 0 Å². The van der Waals surface area contributed by atoms with Crippen LogP contribution < -0.4 is 16.0 Å². The molecule has 0 bridgehead atoms. The van der Waals surface area contributed by atoms with Crippen molar-refractivity contribution >= 4 is 23.0 Å². The molecule has 0 radical (unpaired) electrons. The van der Waals surface area contributed by atoms with Crippen LogP contribution in [0.3, 0.4) is 0 Å². The molecule has 6 heteroatoms. The Labute approximate surface area is 123 Å². The summed E-state index contributed by atoms with van der Waals surface area (Å²) in [6.07, 6.45) is 4.99. The van der Waals surface area contributed by atoms with Gasteiger partial charge in [0.05, 0.1) is 17.9 Å². The minimum atomic E-state index is 0.0519. The summed E-state index contributed by atoms with van der Waals surface area (Å²) in [4.78, 5) is 17.8. The Hall–Kier alpha value is -2.50. The summed E-state index contributed by atoms with van der Waals surface area (Å²) < 4.78 is 1.99. The first-order valence-corrected chi connectivity index (χ1v) is 6.94. The third-order valence-electron chi connectivity index (χ3n) is 3.86. The van der Waals surface area contributed by atoms with Crippen LogP contribution in [0.4, 0.5) is 17.1 Å². The molecule has 2 heterocycles. The molecule has 0 fully saturated rings. The van der Waals surface area contributed by atoms with E-state index >= 15 is 0 Å². The molecule has 2 aromatic rings. The van der Waals surface area contributed by atoms with Gasteiger partial charge in [-0.25, -0.2) is 4.98 Å². The number of hydrogen-bond acceptors (Lipinski definition) is 4. The van der Waals surface area contributed by atoms with Gasteiger partial charge in [-0.3, -0.25) is 4.79 Å². The molecule has 1 aliphatic heterocycles. The first-order valence-electron chi connectivity index (χ1n) is 6.94. The van der Waals surface area contributed by atoms with E-state index in [1.807, 2.05) is 30.9 Å². The highest BCUT2D eigenvalue weighted by Crippen LogP contribution is 2.33. The number of nitrogens with zero attached hydrogens (tertiary/aromatic N) is 3. The van der Waals surface area contributed by atoms with Crippen molar-refractivity contribution < 1.29 is 4.79 Å². The number of imidazole rings is 1. The SMILES string of the molecule is CN(Cc1nccn1C)c1cc2c(cc1N)NC(=O)CC2. The number of benzene rings is 1. The summed E-state index contributed by atoms with van der Waals surface area (Å²) in [5, 5.41) is 2.87. The predicted octanol–water partition coefficient (Wildman–Crippen LogP) is 1.52. The van der Waals surface area contributed by atoms with Crippen LogP contribution in [0.2, 0.25) is 0 Å². The average molecular weight is 285 g/mol. The first kappa shape index (κ1) is 13.5. The third-order valence-corrected chi connectivity index (χ3v) is 3.86. The van der Waals surface area contributed by atoms with Gasteiger partial charge in [0, 0.05) is 38.6 Å². The quantitative estimate of drug-likeness (QED) is 0.838. The lowest BCUT2D eigenvalue weighted by Gasteiger charge is -2.25. The normalized spacial score (nSPS) is 13.7. The number of amides is 1. The van der Waals surface area contributed by atoms with Crippen LogP contribution in [0.25, 0.3) is 0 Å². The van der Waals surface area contributed by atoms with Crippen molar-refractivity contribution in [3.05, 3.63) is 35.9 Å². The molecule has 0 atom stereocenters. The van der Waals surface area contributed by atoms with Crippen molar-refractivity contribution in [2.24, 2.45) is 7.05 Å². The largest absolute Gasteiger partial charge is 0.397 e. The van der Waals surface area contributed by atoms with Gasteiger partial charge < -0.3 is 20.5 Å². The van der Waals surface area contributed by atoms with Gasteiger partial charge in [-0.05, 0) is 24.1 Å². The Balaban J connectivity index is 1.88. The van der Waals surface area contributed by atoms with Crippen molar-refractivity contribution in [1.29, 1.82) is 0 Å². The molecular formula is C15H19N5O. The summed E-state index contributed by atoms with van der Waals surface area (Å²) in [5.41, 5.74) is 9.72. The zero-order valence-corrected chi connectivity index (χ0v) is 12.3. The minimum absolute atomic E-state index is 0.0519. The minimum Gasteiger partial charge on any atom is -0.397 e. The molecule has 21 heavy (non-hydrogen) atoms. The van der Waals surface area contributed by atoms with Crippen molar-refractivity contribution in [2.45, 2.75) is 19.4 Å². The van der Waals surface area contributed by atoms with E-state index in [4.69, 9.17) is 5.73 Å². The molecule has 0 saturated carbocycles. The van der Waals surface area contributed by atoms with Crippen LogP contribution in [-0.2, 0) is 24.8 Å². The Kier molecular flexibility index (Phi) is 3.29.